The molecule has 1 fully saturated rings. The predicted molar refractivity (Wildman–Crippen MR) is 77.3 cm³/mol. The number of anilines is 1. The summed E-state index contributed by atoms with van der Waals surface area (Å²) in [4.78, 5) is 4.41. The zero-order chi connectivity index (χ0) is 13.2. The summed E-state index contributed by atoms with van der Waals surface area (Å²) < 4.78 is 0. The maximum absolute atomic E-state index is 9.62. The number of rotatable bonds is 2. The standard InChI is InChI=1S/C15H19N3O/c16-11-2-4-12(5-3-11)18-15-14-9-13(19)6-1-10(14)7-8-17-15/h1,6-9,11-12,19H,2-5,16H2,(H,17,18). The van der Waals surface area contributed by atoms with Crippen LogP contribution in [0.25, 0.3) is 10.8 Å². The summed E-state index contributed by atoms with van der Waals surface area (Å²) in [5.41, 5.74) is 5.92. The molecule has 0 aliphatic heterocycles. The van der Waals surface area contributed by atoms with Crippen LogP contribution in [0.1, 0.15) is 25.7 Å². The Balaban J connectivity index is 1.86. The average Bonchev–Trinajstić information content (AvgIpc) is 2.42. The lowest BCUT2D eigenvalue weighted by molar-refractivity contribution is 0.410. The Kier molecular flexibility index (Phi) is 3.25. The number of phenolic OH excluding ortho intramolecular Hbond substituents is 1. The van der Waals surface area contributed by atoms with Gasteiger partial charge in [0, 0.05) is 23.7 Å². The summed E-state index contributed by atoms with van der Waals surface area (Å²) in [6.07, 6.45) is 6.09. The molecule has 1 aliphatic rings. The van der Waals surface area contributed by atoms with Gasteiger partial charge in [-0.3, -0.25) is 0 Å². The number of pyridine rings is 1. The van der Waals surface area contributed by atoms with Gasteiger partial charge in [-0.15, -0.1) is 0 Å². The number of fused-ring (bicyclic) bond motifs is 1. The summed E-state index contributed by atoms with van der Waals surface area (Å²) in [6, 6.07) is 8.11. The van der Waals surface area contributed by atoms with Crippen LogP contribution in [0, 0.1) is 0 Å². The molecular formula is C15H19N3O. The second kappa shape index (κ2) is 5.05. The van der Waals surface area contributed by atoms with E-state index >= 15 is 0 Å². The van der Waals surface area contributed by atoms with E-state index in [1.807, 2.05) is 12.1 Å². The molecule has 1 heterocycles. The Morgan fingerprint density at radius 3 is 2.74 bits per heavy atom. The van der Waals surface area contributed by atoms with Gasteiger partial charge in [-0.1, -0.05) is 6.07 Å². The first-order valence-electron chi connectivity index (χ1n) is 6.82. The van der Waals surface area contributed by atoms with Gasteiger partial charge < -0.3 is 16.2 Å². The Bertz CT molecular complexity index is 577. The summed E-state index contributed by atoms with van der Waals surface area (Å²) in [7, 11) is 0. The highest BCUT2D eigenvalue weighted by atomic mass is 16.3. The fraction of sp³-hybridized carbons (Fsp3) is 0.400. The molecule has 1 aromatic heterocycles. The summed E-state index contributed by atoms with van der Waals surface area (Å²) in [5.74, 6) is 1.13. The second-order valence-electron chi connectivity index (χ2n) is 5.32. The van der Waals surface area contributed by atoms with E-state index in [2.05, 4.69) is 10.3 Å². The Morgan fingerprint density at radius 1 is 1.16 bits per heavy atom. The van der Waals surface area contributed by atoms with Crippen molar-refractivity contribution in [3.05, 3.63) is 30.5 Å². The first-order valence-corrected chi connectivity index (χ1v) is 6.82. The largest absolute Gasteiger partial charge is 0.508 e. The maximum atomic E-state index is 9.62. The molecule has 100 valence electrons. The number of nitrogens with one attached hydrogen (secondary N) is 1. The third-order valence-corrected chi connectivity index (χ3v) is 3.86. The van der Waals surface area contributed by atoms with Crippen LogP contribution in [0.2, 0.25) is 0 Å². The number of hydrogen-bond acceptors (Lipinski definition) is 4. The van der Waals surface area contributed by atoms with Gasteiger partial charge in [-0.05, 0) is 49.3 Å². The van der Waals surface area contributed by atoms with Crippen LogP contribution >= 0.6 is 0 Å². The Labute approximate surface area is 112 Å². The monoisotopic (exact) mass is 257 g/mol. The van der Waals surface area contributed by atoms with Gasteiger partial charge >= 0.3 is 0 Å². The van der Waals surface area contributed by atoms with Crippen LogP contribution in [0.3, 0.4) is 0 Å². The Morgan fingerprint density at radius 2 is 1.95 bits per heavy atom. The topological polar surface area (TPSA) is 71.2 Å². The molecule has 0 unspecified atom stereocenters. The molecule has 0 bridgehead atoms. The smallest absolute Gasteiger partial charge is 0.134 e. The SMILES string of the molecule is NC1CCC(Nc2nccc3ccc(O)cc23)CC1. The van der Waals surface area contributed by atoms with E-state index in [-0.39, 0.29) is 5.75 Å². The normalized spacial score (nSPS) is 23.4. The van der Waals surface area contributed by atoms with E-state index in [9.17, 15) is 5.11 Å². The molecule has 19 heavy (non-hydrogen) atoms. The fourth-order valence-corrected chi connectivity index (χ4v) is 2.73. The maximum Gasteiger partial charge on any atom is 0.134 e. The molecule has 3 rings (SSSR count). The van der Waals surface area contributed by atoms with Gasteiger partial charge in [-0.25, -0.2) is 4.98 Å². The molecule has 2 aromatic rings. The summed E-state index contributed by atoms with van der Waals surface area (Å²) in [6.45, 7) is 0. The number of benzene rings is 1. The molecule has 0 spiro atoms. The van der Waals surface area contributed by atoms with Crippen molar-refractivity contribution in [3.63, 3.8) is 0 Å². The molecule has 0 atom stereocenters. The second-order valence-corrected chi connectivity index (χ2v) is 5.32. The van der Waals surface area contributed by atoms with Crippen LogP contribution < -0.4 is 11.1 Å². The molecule has 4 nitrogen and oxygen atoms in total. The highest BCUT2D eigenvalue weighted by Gasteiger charge is 2.19. The van der Waals surface area contributed by atoms with Crippen molar-refractivity contribution in [1.29, 1.82) is 0 Å². The van der Waals surface area contributed by atoms with Crippen LogP contribution in [-0.4, -0.2) is 22.2 Å². The zero-order valence-electron chi connectivity index (χ0n) is 10.8. The van der Waals surface area contributed by atoms with Crippen LogP contribution in [0.5, 0.6) is 5.75 Å². The van der Waals surface area contributed by atoms with Gasteiger partial charge in [0.05, 0.1) is 0 Å². The van der Waals surface area contributed by atoms with Crippen molar-refractivity contribution in [1.82, 2.24) is 4.98 Å². The van der Waals surface area contributed by atoms with Crippen molar-refractivity contribution >= 4 is 16.6 Å². The van der Waals surface area contributed by atoms with Crippen molar-refractivity contribution in [3.8, 4) is 5.75 Å². The van der Waals surface area contributed by atoms with E-state index in [1.54, 1.807) is 18.3 Å². The molecule has 1 aromatic carbocycles. The quantitative estimate of drug-likeness (QED) is 0.773. The van der Waals surface area contributed by atoms with Gasteiger partial charge in [0.1, 0.15) is 11.6 Å². The lowest BCUT2D eigenvalue weighted by Crippen LogP contribution is -2.33. The van der Waals surface area contributed by atoms with Gasteiger partial charge in [0.2, 0.25) is 0 Å². The van der Waals surface area contributed by atoms with Crippen molar-refractivity contribution in [2.45, 2.75) is 37.8 Å². The van der Waals surface area contributed by atoms with E-state index in [0.717, 1.165) is 42.3 Å². The third-order valence-electron chi connectivity index (χ3n) is 3.86. The first-order chi connectivity index (χ1) is 9.22. The molecule has 0 amide bonds. The first kappa shape index (κ1) is 12.2. The van der Waals surface area contributed by atoms with E-state index in [1.165, 1.54) is 0 Å². The van der Waals surface area contributed by atoms with E-state index < -0.39 is 0 Å². The lowest BCUT2D eigenvalue weighted by atomic mass is 9.92. The number of nitrogens with two attached hydrogens (primary N) is 1. The van der Waals surface area contributed by atoms with E-state index in [0.29, 0.717) is 12.1 Å². The molecule has 1 saturated carbocycles. The van der Waals surface area contributed by atoms with Crippen LogP contribution in [0.15, 0.2) is 30.5 Å². The van der Waals surface area contributed by atoms with Crippen molar-refractivity contribution in [2.75, 3.05) is 5.32 Å². The van der Waals surface area contributed by atoms with Gasteiger partial charge in [0.25, 0.3) is 0 Å². The molecule has 1 aliphatic carbocycles. The van der Waals surface area contributed by atoms with Crippen LogP contribution in [0.4, 0.5) is 5.82 Å². The van der Waals surface area contributed by atoms with E-state index in [4.69, 9.17) is 5.73 Å². The number of nitrogens with zero attached hydrogens (tertiary/aromatic N) is 1. The number of aromatic hydroxyl groups is 1. The number of phenols is 1. The molecule has 4 N–H and O–H groups in total. The van der Waals surface area contributed by atoms with Gasteiger partial charge in [-0.2, -0.15) is 0 Å². The Hall–Kier alpha value is -1.81. The zero-order valence-corrected chi connectivity index (χ0v) is 10.8. The lowest BCUT2D eigenvalue weighted by Gasteiger charge is -2.27. The fourth-order valence-electron chi connectivity index (χ4n) is 2.73. The van der Waals surface area contributed by atoms with Crippen molar-refractivity contribution < 1.29 is 5.11 Å². The number of hydrogen-bond donors (Lipinski definition) is 3. The highest BCUT2D eigenvalue weighted by Crippen LogP contribution is 2.27. The molecule has 0 saturated heterocycles. The molecule has 4 heteroatoms. The average molecular weight is 257 g/mol. The van der Waals surface area contributed by atoms with Crippen molar-refractivity contribution in [2.24, 2.45) is 5.73 Å². The van der Waals surface area contributed by atoms with Gasteiger partial charge in [0.15, 0.2) is 0 Å². The van der Waals surface area contributed by atoms with Crippen LogP contribution in [-0.2, 0) is 0 Å². The molecular weight excluding hydrogens is 238 g/mol. The summed E-state index contributed by atoms with van der Waals surface area (Å²) in [5, 5.41) is 15.2. The minimum Gasteiger partial charge on any atom is -0.508 e. The number of aromatic nitrogens is 1. The predicted octanol–water partition coefficient (Wildman–Crippen LogP) is 2.62. The third kappa shape index (κ3) is 2.63. The summed E-state index contributed by atoms with van der Waals surface area (Å²) >= 11 is 0. The molecule has 0 radical (unpaired) electrons. The minimum absolute atomic E-state index is 0.272. The highest BCUT2D eigenvalue weighted by molar-refractivity contribution is 5.92. The minimum atomic E-state index is 0.272.